The van der Waals surface area contributed by atoms with E-state index in [9.17, 15) is 5.11 Å². The molecule has 2 aliphatic heterocycles. The fourth-order valence-electron chi connectivity index (χ4n) is 5.72. The van der Waals surface area contributed by atoms with E-state index in [1.54, 1.807) is 0 Å². The summed E-state index contributed by atoms with van der Waals surface area (Å²) in [6.45, 7) is 4.10. The van der Waals surface area contributed by atoms with Crippen LogP contribution in [-0.4, -0.2) is 47.6 Å². The molecule has 0 aliphatic carbocycles. The van der Waals surface area contributed by atoms with E-state index in [0.717, 1.165) is 44.6 Å². The van der Waals surface area contributed by atoms with Gasteiger partial charge in [-0.05, 0) is 74.1 Å². The number of likely N-dealkylation sites (tertiary alicyclic amines) is 1. The van der Waals surface area contributed by atoms with Crippen molar-refractivity contribution >= 4 is 0 Å². The van der Waals surface area contributed by atoms with Gasteiger partial charge in [0.15, 0.2) is 0 Å². The van der Waals surface area contributed by atoms with Crippen LogP contribution in [0.2, 0.25) is 0 Å². The number of hydrogen-bond acceptors (Lipinski definition) is 3. The molecule has 1 N–H and O–H groups in total. The molecule has 1 fully saturated rings. The molecule has 0 amide bonds. The minimum absolute atomic E-state index is 0.266. The van der Waals surface area contributed by atoms with Crippen molar-refractivity contribution in [2.45, 2.75) is 50.6 Å². The van der Waals surface area contributed by atoms with Crippen molar-refractivity contribution in [1.82, 2.24) is 9.80 Å². The maximum absolute atomic E-state index is 11.1. The van der Waals surface area contributed by atoms with Crippen molar-refractivity contribution in [2.24, 2.45) is 0 Å². The zero-order chi connectivity index (χ0) is 22.6. The quantitative estimate of drug-likeness (QED) is 0.559. The first-order valence-corrected chi connectivity index (χ1v) is 12.5. The second-order valence-corrected chi connectivity index (χ2v) is 9.97. The Morgan fingerprint density at radius 3 is 2.30 bits per heavy atom. The average Bonchev–Trinajstić information content (AvgIpc) is 2.98. The molecule has 0 radical (unpaired) electrons. The van der Waals surface area contributed by atoms with E-state index in [1.165, 1.54) is 41.5 Å². The number of nitrogens with zero attached hydrogens (tertiary/aromatic N) is 2. The van der Waals surface area contributed by atoms with E-state index in [0.29, 0.717) is 11.8 Å². The molecule has 33 heavy (non-hydrogen) atoms. The minimum Gasteiger partial charge on any atom is -0.508 e. The molecule has 3 nitrogen and oxygen atoms in total. The van der Waals surface area contributed by atoms with Gasteiger partial charge in [-0.15, -0.1) is 0 Å². The number of rotatable bonds is 5. The van der Waals surface area contributed by atoms with E-state index in [-0.39, 0.29) is 5.92 Å². The van der Waals surface area contributed by atoms with Crippen molar-refractivity contribution < 1.29 is 5.11 Å². The molecule has 3 aromatic carbocycles. The van der Waals surface area contributed by atoms with Crippen LogP contribution in [0, 0.1) is 0 Å². The van der Waals surface area contributed by atoms with E-state index >= 15 is 0 Å². The highest BCUT2D eigenvalue weighted by Crippen LogP contribution is 2.37. The van der Waals surface area contributed by atoms with Gasteiger partial charge in [-0.2, -0.15) is 0 Å². The topological polar surface area (TPSA) is 26.7 Å². The molecule has 172 valence electrons. The molecule has 2 aliphatic rings. The van der Waals surface area contributed by atoms with Crippen LogP contribution in [0.15, 0.2) is 72.8 Å². The smallest absolute Gasteiger partial charge is 0.120 e. The van der Waals surface area contributed by atoms with E-state index in [1.807, 2.05) is 0 Å². The summed E-state index contributed by atoms with van der Waals surface area (Å²) in [6, 6.07) is 26.5. The van der Waals surface area contributed by atoms with Crippen LogP contribution in [0.3, 0.4) is 0 Å². The molecule has 2 heterocycles. The van der Waals surface area contributed by atoms with Crippen molar-refractivity contribution in [3.05, 3.63) is 101 Å². The van der Waals surface area contributed by atoms with E-state index in [2.05, 4.69) is 89.6 Å². The van der Waals surface area contributed by atoms with Gasteiger partial charge in [0.05, 0.1) is 0 Å². The number of phenolic OH excluding ortho intramolecular Hbond substituents is 1. The number of benzene rings is 3. The largest absolute Gasteiger partial charge is 0.508 e. The number of aromatic hydroxyl groups is 1. The van der Waals surface area contributed by atoms with Gasteiger partial charge >= 0.3 is 0 Å². The van der Waals surface area contributed by atoms with Gasteiger partial charge in [-0.25, -0.2) is 0 Å². The maximum Gasteiger partial charge on any atom is 0.120 e. The van der Waals surface area contributed by atoms with Gasteiger partial charge in [0.2, 0.25) is 0 Å². The normalized spacial score (nSPS) is 22.0. The Morgan fingerprint density at radius 1 is 0.879 bits per heavy atom. The third-order valence-corrected chi connectivity index (χ3v) is 7.62. The summed E-state index contributed by atoms with van der Waals surface area (Å²) in [5, 5.41) is 11.1. The Bertz CT molecular complexity index is 1040. The Kier molecular flexibility index (Phi) is 6.80. The maximum atomic E-state index is 11.1. The fraction of sp³-hybridized carbons (Fsp3) is 0.400. The summed E-state index contributed by atoms with van der Waals surface area (Å²) in [7, 11) is 2.27. The molecule has 5 rings (SSSR count). The molecular weight excluding hydrogens is 404 g/mol. The third kappa shape index (κ3) is 5.15. The van der Waals surface area contributed by atoms with Crippen LogP contribution < -0.4 is 0 Å². The van der Waals surface area contributed by atoms with Crippen LogP contribution in [0.25, 0.3) is 0 Å². The van der Waals surface area contributed by atoms with Gasteiger partial charge < -0.3 is 10.0 Å². The molecule has 3 heteroatoms. The van der Waals surface area contributed by atoms with Crippen LogP contribution in [-0.2, 0) is 19.4 Å². The summed E-state index contributed by atoms with van der Waals surface area (Å²) < 4.78 is 0. The standard InChI is InChI=1S/C30H36N2O/c1-31-22-29(24-13-7-3-8-14-24)28-20-30(33)26(21-32-15-9-4-10-16-32)18-25(28)19-27(31)17-23-11-5-2-6-12-23/h2-3,5-8,11-14,18,20,27,29,33H,4,9-10,15-17,19,21-22H2,1H3/t27-,29+/m1/s1. The van der Waals surface area contributed by atoms with Crippen molar-refractivity contribution in [1.29, 1.82) is 0 Å². The zero-order valence-electron chi connectivity index (χ0n) is 19.8. The highest BCUT2D eigenvalue weighted by Gasteiger charge is 2.30. The van der Waals surface area contributed by atoms with E-state index < -0.39 is 0 Å². The third-order valence-electron chi connectivity index (χ3n) is 7.62. The molecule has 2 atom stereocenters. The summed E-state index contributed by atoms with van der Waals surface area (Å²) >= 11 is 0. The fourth-order valence-corrected chi connectivity index (χ4v) is 5.72. The lowest BCUT2D eigenvalue weighted by Gasteiger charge is -2.28. The zero-order valence-corrected chi connectivity index (χ0v) is 19.8. The summed E-state index contributed by atoms with van der Waals surface area (Å²) in [5.41, 5.74) is 6.50. The van der Waals surface area contributed by atoms with Crippen LogP contribution in [0.5, 0.6) is 5.75 Å². The number of likely N-dealkylation sites (N-methyl/N-ethyl adjacent to an activating group) is 1. The monoisotopic (exact) mass is 440 g/mol. The molecule has 1 saturated heterocycles. The predicted octanol–water partition coefficient (Wildman–Crippen LogP) is 5.61. The highest BCUT2D eigenvalue weighted by molar-refractivity contribution is 5.48. The lowest BCUT2D eigenvalue weighted by atomic mass is 9.86. The average molecular weight is 441 g/mol. The number of fused-ring (bicyclic) bond motifs is 1. The molecule has 0 unspecified atom stereocenters. The first-order chi connectivity index (χ1) is 16.2. The van der Waals surface area contributed by atoms with Crippen molar-refractivity contribution in [2.75, 3.05) is 26.7 Å². The Balaban J connectivity index is 1.51. The van der Waals surface area contributed by atoms with Crippen LogP contribution >= 0.6 is 0 Å². The van der Waals surface area contributed by atoms with Crippen molar-refractivity contribution in [3.8, 4) is 5.75 Å². The van der Waals surface area contributed by atoms with E-state index in [4.69, 9.17) is 0 Å². The first-order valence-electron chi connectivity index (χ1n) is 12.5. The summed E-state index contributed by atoms with van der Waals surface area (Å²) in [4.78, 5) is 5.04. The van der Waals surface area contributed by atoms with Gasteiger partial charge in [-0.1, -0.05) is 73.2 Å². The first kappa shape index (κ1) is 22.2. The molecule has 0 saturated carbocycles. The summed E-state index contributed by atoms with van der Waals surface area (Å²) in [5.74, 6) is 0.728. The molecule has 3 aromatic rings. The van der Waals surface area contributed by atoms with Crippen LogP contribution in [0.4, 0.5) is 0 Å². The SMILES string of the molecule is CN1C[C@@H](c2ccccc2)c2cc(O)c(CN3CCCCC3)cc2C[C@H]1Cc1ccccc1. The Morgan fingerprint density at radius 2 is 1.58 bits per heavy atom. The highest BCUT2D eigenvalue weighted by atomic mass is 16.3. The predicted molar refractivity (Wildman–Crippen MR) is 136 cm³/mol. The van der Waals surface area contributed by atoms with Gasteiger partial charge in [0, 0.05) is 30.6 Å². The Labute approximate surface area is 198 Å². The molecule has 0 aromatic heterocycles. The summed E-state index contributed by atoms with van der Waals surface area (Å²) in [6.07, 6.45) is 5.92. The van der Waals surface area contributed by atoms with Gasteiger partial charge in [0.1, 0.15) is 5.75 Å². The van der Waals surface area contributed by atoms with Gasteiger partial charge in [0.25, 0.3) is 0 Å². The lowest BCUT2D eigenvalue weighted by Crippen LogP contribution is -2.36. The van der Waals surface area contributed by atoms with Crippen molar-refractivity contribution in [3.63, 3.8) is 0 Å². The molecular formula is C30H36N2O. The number of phenols is 1. The number of piperidine rings is 1. The molecule has 0 spiro atoms. The lowest BCUT2D eigenvalue weighted by molar-refractivity contribution is 0.218. The van der Waals surface area contributed by atoms with Gasteiger partial charge in [-0.3, -0.25) is 4.90 Å². The molecule has 0 bridgehead atoms. The Hall–Kier alpha value is -2.62. The second-order valence-electron chi connectivity index (χ2n) is 9.97. The van der Waals surface area contributed by atoms with Crippen LogP contribution in [0.1, 0.15) is 53.0 Å². The minimum atomic E-state index is 0.266. The number of hydrogen-bond donors (Lipinski definition) is 1. The second kappa shape index (κ2) is 10.1.